The highest BCUT2D eigenvalue weighted by Gasteiger charge is 2.20. The minimum Gasteiger partial charge on any atom is -0.459 e. The number of nitrogens with one attached hydrogen (secondary N) is 2. The van der Waals surface area contributed by atoms with Crippen molar-refractivity contribution in [1.29, 1.82) is 0 Å². The molecule has 1 aromatic carbocycles. The summed E-state index contributed by atoms with van der Waals surface area (Å²) in [6.07, 6.45) is 0.183. The first kappa shape index (κ1) is 17.7. The van der Waals surface area contributed by atoms with Crippen LogP contribution < -0.4 is 16.4 Å². The van der Waals surface area contributed by atoms with E-state index in [0.717, 1.165) is 0 Å². The zero-order chi connectivity index (χ0) is 18.4. The number of imide groups is 1. The van der Waals surface area contributed by atoms with Crippen molar-refractivity contribution in [3.63, 3.8) is 0 Å². The second-order valence-corrected chi connectivity index (χ2v) is 4.91. The number of primary amides is 1. The number of hydrogen-bond acceptors (Lipinski definition) is 6. The Balaban J connectivity index is 1.94. The number of nitrogens with two attached hydrogens (primary N) is 1. The lowest BCUT2D eigenvalue weighted by atomic mass is 10.2. The van der Waals surface area contributed by atoms with Gasteiger partial charge in [0.05, 0.1) is 11.8 Å². The van der Waals surface area contributed by atoms with Gasteiger partial charge in [0.1, 0.15) is 0 Å². The number of benzene rings is 1. The zero-order valence-corrected chi connectivity index (χ0v) is 13.1. The molecule has 0 aliphatic rings. The Morgan fingerprint density at radius 1 is 1.12 bits per heavy atom. The van der Waals surface area contributed by atoms with Crippen molar-refractivity contribution in [1.82, 2.24) is 5.32 Å². The quantitative estimate of drug-likeness (QED) is 0.697. The van der Waals surface area contributed by atoms with Crippen LogP contribution in [0.5, 0.6) is 0 Å². The highest BCUT2D eigenvalue weighted by atomic mass is 16.5. The molecule has 1 aromatic heterocycles. The SMILES string of the molecule is C[C@H](OC(=O)c1ccc(NC(=O)c2ccco2)cc1)C(=O)NC(N)=O. The first-order valence-corrected chi connectivity index (χ1v) is 7.13. The van der Waals surface area contributed by atoms with Crippen molar-refractivity contribution in [2.24, 2.45) is 5.73 Å². The van der Waals surface area contributed by atoms with Crippen LogP contribution in [0, 0.1) is 0 Å². The molecule has 9 heteroatoms. The molecule has 0 spiro atoms. The number of carbonyl (C=O) groups is 4. The fraction of sp³-hybridized carbons (Fsp3) is 0.125. The maximum atomic E-state index is 11.9. The van der Waals surface area contributed by atoms with E-state index in [0.29, 0.717) is 5.69 Å². The third-order valence-electron chi connectivity index (χ3n) is 3.02. The first-order chi connectivity index (χ1) is 11.9. The van der Waals surface area contributed by atoms with Crippen molar-refractivity contribution in [3.05, 3.63) is 54.0 Å². The number of carbonyl (C=O) groups excluding carboxylic acids is 4. The predicted octanol–water partition coefficient (Wildman–Crippen LogP) is 1.27. The largest absolute Gasteiger partial charge is 0.459 e. The molecular weight excluding hydrogens is 330 g/mol. The highest BCUT2D eigenvalue weighted by Crippen LogP contribution is 2.13. The van der Waals surface area contributed by atoms with E-state index >= 15 is 0 Å². The van der Waals surface area contributed by atoms with Crippen molar-refractivity contribution in [2.45, 2.75) is 13.0 Å². The van der Waals surface area contributed by atoms with Crippen molar-refractivity contribution >= 4 is 29.5 Å². The van der Waals surface area contributed by atoms with Crippen LogP contribution in [0.1, 0.15) is 27.8 Å². The van der Waals surface area contributed by atoms with Gasteiger partial charge in [0.15, 0.2) is 11.9 Å². The Bertz CT molecular complexity index is 783. The van der Waals surface area contributed by atoms with E-state index in [1.807, 2.05) is 5.32 Å². The summed E-state index contributed by atoms with van der Waals surface area (Å²) in [6.45, 7) is 1.30. The summed E-state index contributed by atoms with van der Waals surface area (Å²) in [6, 6.07) is 7.88. The van der Waals surface area contributed by atoms with E-state index in [1.54, 1.807) is 6.07 Å². The van der Waals surface area contributed by atoms with Crippen LogP contribution in [-0.2, 0) is 9.53 Å². The van der Waals surface area contributed by atoms with Gasteiger partial charge in [-0.15, -0.1) is 0 Å². The summed E-state index contributed by atoms with van der Waals surface area (Å²) in [5, 5.41) is 4.40. The molecule has 1 atom stereocenters. The van der Waals surface area contributed by atoms with E-state index in [2.05, 4.69) is 5.32 Å². The van der Waals surface area contributed by atoms with Gasteiger partial charge < -0.3 is 20.2 Å². The molecule has 4 amide bonds. The molecule has 0 unspecified atom stereocenters. The van der Waals surface area contributed by atoms with Crippen LogP contribution in [0.4, 0.5) is 10.5 Å². The molecule has 0 fully saturated rings. The average molecular weight is 345 g/mol. The minimum absolute atomic E-state index is 0.151. The Kier molecular flexibility index (Phi) is 5.51. The Hall–Kier alpha value is -3.62. The van der Waals surface area contributed by atoms with Gasteiger partial charge >= 0.3 is 12.0 Å². The Morgan fingerprint density at radius 2 is 1.80 bits per heavy atom. The van der Waals surface area contributed by atoms with E-state index < -0.39 is 29.9 Å². The van der Waals surface area contributed by atoms with Crippen molar-refractivity contribution < 1.29 is 28.3 Å². The fourth-order valence-electron chi connectivity index (χ4n) is 1.80. The lowest BCUT2D eigenvalue weighted by molar-refractivity contribution is -0.127. The monoisotopic (exact) mass is 345 g/mol. The minimum atomic E-state index is -1.20. The first-order valence-electron chi connectivity index (χ1n) is 7.13. The summed E-state index contributed by atoms with van der Waals surface area (Å²) in [7, 11) is 0. The topological polar surface area (TPSA) is 141 Å². The molecule has 4 N–H and O–H groups in total. The number of rotatable bonds is 5. The molecule has 0 aliphatic heterocycles. The van der Waals surface area contributed by atoms with Crippen molar-refractivity contribution in [3.8, 4) is 0 Å². The number of furan rings is 1. The Morgan fingerprint density at radius 3 is 2.36 bits per heavy atom. The van der Waals surface area contributed by atoms with Gasteiger partial charge in [0, 0.05) is 5.69 Å². The number of urea groups is 1. The molecule has 0 bridgehead atoms. The average Bonchev–Trinajstić information content (AvgIpc) is 3.09. The van der Waals surface area contributed by atoms with Crippen LogP contribution in [0.25, 0.3) is 0 Å². The maximum Gasteiger partial charge on any atom is 0.338 e. The molecule has 0 radical (unpaired) electrons. The van der Waals surface area contributed by atoms with Crippen LogP contribution in [0.2, 0.25) is 0 Å². The van der Waals surface area contributed by atoms with Crippen LogP contribution >= 0.6 is 0 Å². The Labute approximate surface area is 142 Å². The smallest absolute Gasteiger partial charge is 0.338 e. The number of esters is 1. The lowest BCUT2D eigenvalue weighted by Crippen LogP contribution is -2.42. The summed E-state index contributed by atoms with van der Waals surface area (Å²) in [4.78, 5) is 45.8. The predicted molar refractivity (Wildman–Crippen MR) is 85.7 cm³/mol. The van der Waals surface area contributed by atoms with Crippen LogP contribution in [0.15, 0.2) is 47.1 Å². The number of anilines is 1. The third-order valence-corrected chi connectivity index (χ3v) is 3.02. The third kappa shape index (κ3) is 4.93. The standard InChI is InChI=1S/C16H15N3O6/c1-9(13(20)19-16(17)23)25-15(22)10-4-6-11(7-5-10)18-14(21)12-3-2-8-24-12/h2-9H,1H3,(H,18,21)(H3,17,19,20,23)/t9-/m0/s1. The van der Waals surface area contributed by atoms with Gasteiger partial charge in [-0.25, -0.2) is 9.59 Å². The normalized spacial score (nSPS) is 11.2. The summed E-state index contributed by atoms with van der Waals surface area (Å²) >= 11 is 0. The molecule has 25 heavy (non-hydrogen) atoms. The van der Waals surface area contributed by atoms with Crippen LogP contribution in [0.3, 0.4) is 0 Å². The van der Waals surface area contributed by atoms with Crippen molar-refractivity contribution in [2.75, 3.05) is 5.32 Å². The molecule has 130 valence electrons. The van der Waals surface area contributed by atoms with E-state index in [4.69, 9.17) is 14.9 Å². The van der Waals surface area contributed by atoms with E-state index in [1.165, 1.54) is 43.5 Å². The van der Waals surface area contributed by atoms with E-state index in [-0.39, 0.29) is 11.3 Å². The van der Waals surface area contributed by atoms with Gasteiger partial charge in [-0.2, -0.15) is 0 Å². The molecule has 9 nitrogen and oxygen atoms in total. The number of amides is 4. The van der Waals surface area contributed by atoms with Gasteiger partial charge in [0.25, 0.3) is 11.8 Å². The molecule has 1 heterocycles. The van der Waals surface area contributed by atoms with Crippen LogP contribution in [-0.4, -0.2) is 29.9 Å². The number of ether oxygens (including phenoxy) is 1. The highest BCUT2D eigenvalue weighted by molar-refractivity contribution is 6.02. The summed E-state index contributed by atoms with van der Waals surface area (Å²) in [5.41, 5.74) is 5.42. The second kappa shape index (κ2) is 7.77. The molecule has 0 saturated carbocycles. The van der Waals surface area contributed by atoms with E-state index in [9.17, 15) is 19.2 Å². The fourth-order valence-corrected chi connectivity index (χ4v) is 1.80. The number of hydrogen-bond donors (Lipinski definition) is 3. The summed E-state index contributed by atoms with van der Waals surface area (Å²) < 4.78 is 9.88. The van der Waals surface area contributed by atoms with Gasteiger partial charge in [-0.3, -0.25) is 14.9 Å². The zero-order valence-electron chi connectivity index (χ0n) is 13.1. The molecule has 0 aliphatic carbocycles. The van der Waals surface area contributed by atoms with Gasteiger partial charge in [0.2, 0.25) is 0 Å². The second-order valence-electron chi connectivity index (χ2n) is 4.91. The molecular formula is C16H15N3O6. The van der Waals surface area contributed by atoms with Gasteiger partial charge in [-0.1, -0.05) is 0 Å². The van der Waals surface area contributed by atoms with Gasteiger partial charge in [-0.05, 0) is 43.3 Å². The summed E-state index contributed by atoms with van der Waals surface area (Å²) in [5.74, 6) is -1.88. The maximum absolute atomic E-state index is 11.9. The molecule has 2 rings (SSSR count). The lowest BCUT2D eigenvalue weighted by Gasteiger charge is -2.12. The molecule has 0 saturated heterocycles. The molecule has 2 aromatic rings.